The Morgan fingerprint density at radius 1 is 1.39 bits per heavy atom. The van der Waals surface area contributed by atoms with E-state index in [4.69, 9.17) is 0 Å². The SMILES string of the molecule is CC1=NN2C=CNC2C=C1c1cnn(C(C)C)c1. The predicted octanol–water partition coefficient (Wildman–Crippen LogP) is 1.94. The van der Waals surface area contributed by atoms with E-state index in [0.717, 1.165) is 16.8 Å². The molecule has 0 radical (unpaired) electrons. The lowest BCUT2D eigenvalue weighted by Crippen LogP contribution is -2.33. The Bertz CT molecular complexity index is 549. The van der Waals surface area contributed by atoms with Crippen LogP contribution in [0.5, 0.6) is 0 Å². The molecular weight excluding hydrogens is 226 g/mol. The summed E-state index contributed by atoms with van der Waals surface area (Å²) in [6.45, 7) is 6.27. The molecule has 3 rings (SSSR count). The first kappa shape index (κ1) is 11.1. The van der Waals surface area contributed by atoms with Gasteiger partial charge in [-0.05, 0) is 26.8 Å². The van der Waals surface area contributed by atoms with Crippen molar-refractivity contribution >= 4 is 11.3 Å². The first-order valence-electron chi connectivity index (χ1n) is 6.18. The van der Waals surface area contributed by atoms with Crippen LogP contribution in [0.1, 0.15) is 32.4 Å². The third-order valence-electron chi connectivity index (χ3n) is 3.20. The van der Waals surface area contributed by atoms with Crippen LogP contribution < -0.4 is 5.32 Å². The fraction of sp³-hybridized carbons (Fsp3) is 0.385. The lowest BCUT2D eigenvalue weighted by Gasteiger charge is -2.24. The van der Waals surface area contributed by atoms with E-state index in [-0.39, 0.29) is 6.17 Å². The van der Waals surface area contributed by atoms with Crippen LogP contribution in [0.25, 0.3) is 5.57 Å². The number of nitrogens with zero attached hydrogens (tertiary/aromatic N) is 4. The maximum absolute atomic E-state index is 4.55. The number of aromatic nitrogens is 2. The zero-order chi connectivity index (χ0) is 12.7. The molecule has 94 valence electrons. The maximum Gasteiger partial charge on any atom is 0.140 e. The lowest BCUT2D eigenvalue weighted by molar-refractivity contribution is 0.340. The highest BCUT2D eigenvalue weighted by Gasteiger charge is 2.23. The number of allylic oxidation sites excluding steroid dienone is 1. The van der Waals surface area contributed by atoms with Crippen molar-refractivity contribution in [2.45, 2.75) is 33.0 Å². The van der Waals surface area contributed by atoms with E-state index in [1.807, 2.05) is 35.2 Å². The molecule has 1 aromatic rings. The van der Waals surface area contributed by atoms with Gasteiger partial charge in [-0.15, -0.1) is 0 Å². The Labute approximate surface area is 106 Å². The topological polar surface area (TPSA) is 45.4 Å². The maximum atomic E-state index is 4.55. The van der Waals surface area contributed by atoms with Crippen LogP contribution in [-0.4, -0.2) is 26.7 Å². The van der Waals surface area contributed by atoms with Crippen molar-refractivity contribution < 1.29 is 0 Å². The molecule has 5 nitrogen and oxygen atoms in total. The van der Waals surface area contributed by atoms with Crippen LogP contribution in [0.15, 0.2) is 36.0 Å². The number of nitrogens with one attached hydrogen (secondary N) is 1. The molecule has 1 aromatic heterocycles. The van der Waals surface area contributed by atoms with Crippen LogP contribution in [0.3, 0.4) is 0 Å². The van der Waals surface area contributed by atoms with Gasteiger partial charge in [-0.3, -0.25) is 4.68 Å². The third kappa shape index (κ3) is 1.72. The van der Waals surface area contributed by atoms with Crippen LogP contribution in [0.2, 0.25) is 0 Å². The second-order valence-electron chi connectivity index (χ2n) is 4.88. The van der Waals surface area contributed by atoms with Crippen molar-refractivity contribution in [1.29, 1.82) is 0 Å². The monoisotopic (exact) mass is 243 g/mol. The normalized spacial score (nSPS) is 21.8. The summed E-state index contributed by atoms with van der Waals surface area (Å²) in [5, 5.41) is 14.1. The van der Waals surface area contributed by atoms with Crippen molar-refractivity contribution in [2.24, 2.45) is 5.10 Å². The van der Waals surface area contributed by atoms with Gasteiger partial charge in [0.2, 0.25) is 0 Å². The summed E-state index contributed by atoms with van der Waals surface area (Å²) in [6, 6.07) is 0.378. The van der Waals surface area contributed by atoms with Crippen molar-refractivity contribution in [3.63, 3.8) is 0 Å². The Morgan fingerprint density at radius 3 is 2.94 bits per heavy atom. The highest BCUT2D eigenvalue weighted by molar-refractivity contribution is 6.23. The molecule has 1 N–H and O–H groups in total. The number of rotatable bonds is 2. The summed E-state index contributed by atoms with van der Waals surface area (Å²) in [7, 11) is 0. The van der Waals surface area contributed by atoms with E-state index in [2.05, 4.69) is 41.6 Å². The second-order valence-corrected chi connectivity index (χ2v) is 4.88. The molecule has 3 heterocycles. The van der Waals surface area contributed by atoms with Gasteiger partial charge < -0.3 is 5.32 Å². The van der Waals surface area contributed by atoms with Crippen molar-refractivity contribution in [2.75, 3.05) is 0 Å². The van der Waals surface area contributed by atoms with E-state index in [0.29, 0.717) is 6.04 Å². The van der Waals surface area contributed by atoms with E-state index >= 15 is 0 Å². The van der Waals surface area contributed by atoms with Gasteiger partial charge in [-0.25, -0.2) is 5.01 Å². The lowest BCUT2D eigenvalue weighted by atomic mass is 10.0. The summed E-state index contributed by atoms with van der Waals surface area (Å²) in [5.41, 5.74) is 3.29. The van der Waals surface area contributed by atoms with Gasteiger partial charge in [0.1, 0.15) is 6.17 Å². The fourth-order valence-electron chi connectivity index (χ4n) is 2.18. The number of fused-ring (bicyclic) bond motifs is 1. The van der Waals surface area contributed by atoms with Crippen LogP contribution in [0.4, 0.5) is 0 Å². The van der Waals surface area contributed by atoms with Gasteiger partial charge in [0.05, 0.1) is 11.9 Å². The molecule has 0 amide bonds. The zero-order valence-electron chi connectivity index (χ0n) is 10.8. The van der Waals surface area contributed by atoms with Gasteiger partial charge >= 0.3 is 0 Å². The molecule has 18 heavy (non-hydrogen) atoms. The highest BCUT2D eigenvalue weighted by Crippen LogP contribution is 2.24. The minimum Gasteiger partial charge on any atom is -0.365 e. The van der Waals surface area contributed by atoms with Gasteiger partial charge in [0.15, 0.2) is 0 Å². The zero-order valence-corrected chi connectivity index (χ0v) is 10.8. The van der Waals surface area contributed by atoms with Gasteiger partial charge in [0, 0.05) is 35.8 Å². The highest BCUT2D eigenvalue weighted by atomic mass is 15.5. The third-order valence-corrected chi connectivity index (χ3v) is 3.20. The molecule has 0 spiro atoms. The number of hydrazone groups is 1. The summed E-state index contributed by atoms with van der Waals surface area (Å²) < 4.78 is 1.97. The Kier molecular flexibility index (Phi) is 2.47. The smallest absolute Gasteiger partial charge is 0.140 e. The van der Waals surface area contributed by atoms with Gasteiger partial charge in [-0.2, -0.15) is 10.2 Å². The number of hydrogen-bond acceptors (Lipinski definition) is 4. The van der Waals surface area contributed by atoms with Gasteiger partial charge in [-0.1, -0.05) is 0 Å². The number of hydrogen-bond donors (Lipinski definition) is 1. The molecule has 1 atom stereocenters. The van der Waals surface area contributed by atoms with E-state index in [9.17, 15) is 0 Å². The quantitative estimate of drug-likeness (QED) is 0.863. The standard InChI is InChI=1S/C13H17N5/c1-9(2)18-8-11(7-15-18)12-6-13-14-4-5-17(13)16-10(12)3/h4-9,13-14H,1-3H3. The van der Waals surface area contributed by atoms with Crippen LogP contribution in [-0.2, 0) is 0 Å². The molecule has 2 aliphatic rings. The molecule has 0 aliphatic carbocycles. The summed E-state index contributed by atoms with van der Waals surface area (Å²) in [6.07, 6.45) is 10.2. The van der Waals surface area contributed by atoms with E-state index in [1.165, 1.54) is 0 Å². The summed E-state index contributed by atoms with van der Waals surface area (Å²) >= 11 is 0. The fourth-order valence-corrected chi connectivity index (χ4v) is 2.18. The van der Waals surface area contributed by atoms with Crippen molar-refractivity contribution in [3.8, 4) is 0 Å². The molecule has 0 saturated carbocycles. The Hall–Kier alpha value is -2.04. The van der Waals surface area contributed by atoms with E-state index < -0.39 is 0 Å². The van der Waals surface area contributed by atoms with Crippen LogP contribution >= 0.6 is 0 Å². The summed E-state index contributed by atoms with van der Waals surface area (Å²) in [4.78, 5) is 0. The molecule has 1 unspecified atom stereocenters. The molecule has 0 aromatic carbocycles. The summed E-state index contributed by atoms with van der Waals surface area (Å²) in [5.74, 6) is 0. The largest absolute Gasteiger partial charge is 0.365 e. The molecule has 0 bridgehead atoms. The van der Waals surface area contributed by atoms with Gasteiger partial charge in [0.25, 0.3) is 0 Å². The Balaban J connectivity index is 1.94. The average Bonchev–Trinajstić information content (AvgIpc) is 2.94. The van der Waals surface area contributed by atoms with Crippen LogP contribution in [0, 0.1) is 0 Å². The first-order valence-corrected chi connectivity index (χ1v) is 6.18. The second kappa shape index (κ2) is 4.01. The first-order chi connectivity index (χ1) is 8.65. The van der Waals surface area contributed by atoms with Crippen molar-refractivity contribution in [3.05, 3.63) is 36.4 Å². The van der Waals surface area contributed by atoms with Crippen molar-refractivity contribution in [1.82, 2.24) is 20.1 Å². The Morgan fingerprint density at radius 2 is 2.22 bits per heavy atom. The van der Waals surface area contributed by atoms with E-state index in [1.54, 1.807) is 0 Å². The molecular formula is C13H17N5. The average molecular weight is 243 g/mol. The minimum absolute atomic E-state index is 0.131. The molecule has 2 aliphatic heterocycles. The minimum atomic E-state index is 0.131. The molecule has 0 saturated heterocycles. The molecule has 5 heteroatoms. The predicted molar refractivity (Wildman–Crippen MR) is 71.6 cm³/mol. The molecule has 0 fully saturated rings.